The highest BCUT2D eigenvalue weighted by Gasteiger charge is 2.35. The summed E-state index contributed by atoms with van der Waals surface area (Å²) in [5.41, 5.74) is -0.474. The van der Waals surface area contributed by atoms with Crippen LogP contribution in [0.1, 0.15) is 46.4 Å². The van der Waals surface area contributed by atoms with Gasteiger partial charge in [-0.15, -0.1) is 24.0 Å². The van der Waals surface area contributed by atoms with Gasteiger partial charge in [-0.05, 0) is 33.6 Å². The lowest BCUT2D eigenvalue weighted by Crippen LogP contribution is -2.53. The zero-order chi connectivity index (χ0) is 21.7. The number of aliphatic imine (C=N–C) groups is 1. The molecule has 2 aliphatic rings. The van der Waals surface area contributed by atoms with Crippen LogP contribution in [0.25, 0.3) is 0 Å². The molecule has 1 aliphatic heterocycles. The summed E-state index contributed by atoms with van der Waals surface area (Å²) in [6.07, 6.45) is 2.76. The van der Waals surface area contributed by atoms with E-state index in [-0.39, 0.29) is 30.1 Å². The van der Waals surface area contributed by atoms with Gasteiger partial charge < -0.3 is 24.8 Å². The first kappa shape index (κ1) is 25.9. The van der Waals surface area contributed by atoms with Gasteiger partial charge in [0.2, 0.25) is 5.13 Å². The molecule has 1 saturated carbocycles. The molecule has 1 aromatic rings. The minimum Gasteiger partial charge on any atom is -0.444 e. The topological polar surface area (TPSA) is 86.2 Å². The van der Waals surface area contributed by atoms with Gasteiger partial charge in [0.15, 0.2) is 5.96 Å². The number of halogens is 1. The minimum atomic E-state index is -0.474. The molecule has 1 aromatic heterocycles. The standard InChI is InChI=1S/C20H35N7O2S.HI/c1-6-16-23-18(30-24-16)26-13-11-25(12-14-26)17(21-5)22-9-10-27(15-7-8-15)19(28)29-20(2,3)4;/h15H,6-14H2,1-5H3,(H,21,22);1H. The van der Waals surface area contributed by atoms with Crippen LogP contribution < -0.4 is 10.2 Å². The summed E-state index contributed by atoms with van der Waals surface area (Å²) >= 11 is 1.48. The Kier molecular flexibility index (Phi) is 9.59. The second kappa shape index (κ2) is 11.5. The van der Waals surface area contributed by atoms with Crippen LogP contribution in [0.2, 0.25) is 0 Å². The summed E-state index contributed by atoms with van der Waals surface area (Å²) in [6.45, 7) is 12.6. The van der Waals surface area contributed by atoms with Gasteiger partial charge >= 0.3 is 6.09 Å². The molecule has 2 fully saturated rings. The van der Waals surface area contributed by atoms with Crippen LogP contribution in [0.5, 0.6) is 0 Å². The van der Waals surface area contributed by atoms with Crippen molar-refractivity contribution in [2.75, 3.05) is 51.2 Å². The Morgan fingerprint density at radius 1 is 1.29 bits per heavy atom. The molecule has 0 radical (unpaired) electrons. The van der Waals surface area contributed by atoms with Crippen molar-refractivity contribution >= 4 is 52.7 Å². The molecular weight excluding hydrogens is 529 g/mol. The first-order valence-electron chi connectivity index (χ1n) is 10.8. The van der Waals surface area contributed by atoms with E-state index in [0.717, 1.165) is 62.4 Å². The monoisotopic (exact) mass is 565 g/mol. The molecule has 0 spiro atoms. The van der Waals surface area contributed by atoms with Crippen molar-refractivity contribution in [1.29, 1.82) is 0 Å². The molecular formula is C20H36IN7O2S. The highest BCUT2D eigenvalue weighted by atomic mass is 127. The van der Waals surface area contributed by atoms with Crippen molar-refractivity contribution in [2.45, 2.75) is 58.6 Å². The van der Waals surface area contributed by atoms with Crippen molar-refractivity contribution in [3.63, 3.8) is 0 Å². The van der Waals surface area contributed by atoms with Gasteiger partial charge in [-0.3, -0.25) is 4.99 Å². The highest BCUT2D eigenvalue weighted by molar-refractivity contribution is 14.0. The van der Waals surface area contributed by atoms with Crippen LogP contribution in [0, 0.1) is 0 Å². The van der Waals surface area contributed by atoms with E-state index in [4.69, 9.17) is 4.74 Å². The van der Waals surface area contributed by atoms with Crippen LogP contribution in [-0.4, -0.2) is 89.2 Å². The average Bonchev–Trinajstić information content (AvgIpc) is 3.42. The van der Waals surface area contributed by atoms with Crippen LogP contribution >= 0.6 is 35.5 Å². The van der Waals surface area contributed by atoms with Gasteiger partial charge in [0, 0.05) is 70.3 Å². The van der Waals surface area contributed by atoms with Gasteiger partial charge in [0.25, 0.3) is 0 Å². The van der Waals surface area contributed by atoms with Crippen molar-refractivity contribution < 1.29 is 9.53 Å². The fraction of sp³-hybridized carbons (Fsp3) is 0.800. The number of ether oxygens (including phenoxy) is 1. The van der Waals surface area contributed by atoms with Crippen LogP contribution in [0.3, 0.4) is 0 Å². The van der Waals surface area contributed by atoms with Crippen molar-refractivity contribution in [3.8, 4) is 0 Å². The number of anilines is 1. The Hall–Kier alpha value is -1.37. The molecule has 2 heterocycles. The molecule has 9 nitrogen and oxygen atoms in total. The SMILES string of the molecule is CCc1nsc(N2CCN(C(=NC)NCCN(C(=O)OC(C)(C)C)C3CC3)CC2)n1.I. The minimum absolute atomic E-state index is 0. The van der Waals surface area contributed by atoms with Crippen molar-refractivity contribution in [1.82, 2.24) is 24.5 Å². The number of piperazine rings is 1. The third-order valence-electron chi connectivity index (χ3n) is 5.09. The Balaban J connectivity index is 0.00000341. The number of amides is 1. The van der Waals surface area contributed by atoms with E-state index < -0.39 is 5.60 Å². The van der Waals surface area contributed by atoms with Crippen LogP contribution in [0.4, 0.5) is 9.93 Å². The Labute approximate surface area is 206 Å². The summed E-state index contributed by atoms with van der Waals surface area (Å²) in [7, 11) is 1.81. The lowest BCUT2D eigenvalue weighted by Gasteiger charge is -2.36. The number of hydrogen-bond donors (Lipinski definition) is 1. The van der Waals surface area contributed by atoms with Gasteiger partial charge in [-0.1, -0.05) is 6.92 Å². The number of hydrogen-bond acceptors (Lipinski definition) is 7. The maximum atomic E-state index is 12.5. The van der Waals surface area contributed by atoms with E-state index in [0.29, 0.717) is 19.1 Å². The molecule has 3 rings (SSSR count). The maximum Gasteiger partial charge on any atom is 0.410 e. The average molecular weight is 566 g/mol. The molecule has 1 amide bonds. The van der Waals surface area contributed by atoms with E-state index in [9.17, 15) is 4.79 Å². The molecule has 1 aliphatic carbocycles. The maximum absolute atomic E-state index is 12.5. The van der Waals surface area contributed by atoms with Gasteiger partial charge in [-0.2, -0.15) is 4.37 Å². The number of nitrogens with one attached hydrogen (secondary N) is 1. The van der Waals surface area contributed by atoms with Crippen LogP contribution in [-0.2, 0) is 11.2 Å². The molecule has 0 unspecified atom stereocenters. The summed E-state index contributed by atoms with van der Waals surface area (Å²) < 4.78 is 9.96. The summed E-state index contributed by atoms with van der Waals surface area (Å²) in [5.74, 6) is 1.79. The largest absolute Gasteiger partial charge is 0.444 e. The third kappa shape index (κ3) is 7.62. The number of nitrogens with zero attached hydrogens (tertiary/aromatic N) is 6. The van der Waals surface area contributed by atoms with Gasteiger partial charge in [0.1, 0.15) is 11.4 Å². The van der Waals surface area contributed by atoms with Crippen molar-refractivity contribution in [2.24, 2.45) is 4.99 Å². The molecule has 0 bridgehead atoms. The van der Waals surface area contributed by atoms with Gasteiger partial charge in [-0.25, -0.2) is 9.78 Å². The van der Waals surface area contributed by atoms with E-state index in [1.54, 1.807) is 7.05 Å². The van der Waals surface area contributed by atoms with Gasteiger partial charge in [0.05, 0.1) is 0 Å². The fourth-order valence-electron chi connectivity index (χ4n) is 3.38. The fourth-order valence-corrected chi connectivity index (χ4v) is 4.18. The van der Waals surface area contributed by atoms with Crippen LogP contribution in [0.15, 0.2) is 4.99 Å². The quantitative estimate of drug-likeness (QED) is 0.323. The molecule has 1 N–H and O–H groups in total. The lowest BCUT2D eigenvalue weighted by molar-refractivity contribution is 0.0237. The first-order valence-corrected chi connectivity index (χ1v) is 11.6. The second-order valence-corrected chi connectivity index (χ2v) is 9.43. The molecule has 11 heteroatoms. The second-order valence-electron chi connectivity index (χ2n) is 8.70. The molecule has 1 saturated heterocycles. The molecule has 176 valence electrons. The number of aryl methyl sites for hydroxylation is 1. The number of carbonyl (C=O) groups is 1. The van der Waals surface area contributed by atoms with E-state index in [2.05, 4.69) is 36.4 Å². The Bertz CT molecular complexity index is 740. The Morgan fingerprint density at radius 2 is 1.97 bits per heavy atom. The molecule has 0 atom stereocenters. The summed E-state index contributed by atoms with van der Waals surface area (Å²) in [6, 6.07) is 0.312. The van der Waals surface area contributed by atoms with E-state index >= 15 is 0 Å². The summed E-state index contributed by atoms with van der Waals surface area (Å²) in [4.78, 5) is 27.9. The smallest absolute Gasteiger partial charge is 0.410 e. The normalized spacial score (nSPS) is 17.3. The number of carbonyl (C=O) groups excluding carboxylic acids is 1. The molecule has 31 heavy (non-hydrogen) atoms. The van der Waals surface area contributed by atoms with E-state index in [1.165, 1.54) is 11.5 Å². The first-order chi connectivity index (χ1) is 14.3. The van der Waals surface area contributed by atoms with Crippen molar-refractivity contribution in [3.05, 3.63) is 5.82 Å². The Morgan fingerprint density at radius 3 is 2.48 bits per heavy atom. The lowest BCUT2D eigenvalue weighted by atomic mass is 10.2. The number of guanidine groups is 1. The highest BCUT2D eigenvalue weighted by Crippen LogP contribution is 2.28. The third-order valence-corrected chi connectivity index (χ3v) is 5.90. The number of aromatic nitrogens is 2. The predicted molar refractivity (Wildman–Crippen MR) is 136 cm³/mol. The molecule has 0 aromatic carbocycles. The predicted octanol–water partition coefficient (Wildman–Crippen LogP) is 2.82. The zero-order valence-electron chi connectivity index (χ0n) is 19.3. The zero-order valence-corrected chi connectivity index (χ0v) is 22.4. The number of rotatable bonds is 6. The summed E-state index contributed by atoms with van der Waals surface area (Å²) in [5, 5.41) is 4.43. The van der Waals surface area contributed by atoms with E-state index in [1.807, 2.05) is 25.7 Å².